The second kappa shape index (κ2) is 9.85. The van der Waals surface area contributed by atoms with Gasteiger partial charge in [-0.3, -0.25) is 9.59 Å². The fraction of sp³-hybridized carbons (Fsp3) is 0.579. The molecule has 1 rings (SSSR count). The lowest BCUT2D eigenvalue weighted by molar-refractivity contribution is -0.137. The van der Waals surface area contributed by atoms with Gasteiger partial charge in [0.15, 0.2) is 0 Å². The summed E-state index contributed by atoms with van der Waals surface area (Å²) in [5, 5.41) is 11.6. The molecule has 7 nitrogen and oxygen atoms in total. The second-order valence-corrected chi connectivity index (χ2v) is 9.10. The van der Waals surface area contributed by atoms with Crippen LogP contribution < -0.4 is 5.32 Å². The van der Waals surface area contributed by atoms with Gasteiger partial charge in [0.1, 0.15) is 0 Å². The van der Waals surface area contributed by atoms with Crippen LogP contribution in [-0.4, -0.2) is 48.3 Å². The zero-order valence-electron chi connectivity index (χ0n) is 16.5. The summed E-state index contributed by atoms with van der Waals surface area (Å²) in [6.07, 6.45) is 1.70. The van der Waals surface area contributed by atoms with Crippen LogP contribution in [0.15, 0.2) is 29.2 Å². The summed E-state index contributed by atoms with van der Waals surface area (Å²) >= 11 is 0. The second-order valence-electron chi connectivity index (χ2n) is 7.16. The van der Waals surface area contributed by atoms with Crippen molar-refractivity contribution in [2.24, 2.45) is 0 Å². The topological polar surface area (TPSA) is 104 Å². The van der Waals surface area contributed by atoms with Crippen LogP contribution in [0.1, 0.15) is 63.7 Å². The van der Waals surface area contributed by atoms with Crippen LogP contribution in [0.25, 0.3) is 0 Å². The monoisotopic (exact) mass is 398 g/mol. The Bertz CT molecular complexity index is 736. The molecule has 1 aromatic carbocycles. The Balaban J connectivity index is 2.91. The van der Waals surface area contributed by atoms with Crippen molar-refractivity contribution in [1.82, 2.24) is 9.62 Å². The highest BCUT2D eigenvalue weighted by Gasteiger charge is 2.25. The first-order valence-electron chi connectivity index (χ1n) is 9.18. The zero-order valence-corrected chi connectivity index (χ0v) is 17.3. The molecule has 8 heteroatoms. The van der Waals surface area contributed by atoms with Crippen LogP contribution in [0.2, 0.25) is 0 Å². The van der Waals surface area contributed by atoms with Gasteiger partial charge in [-0.1, -0.05) is 13.8 Å². The Morgan fingerprint density at radius 3 is 2.04 bits per heavy atom. The predicted molar refractivity (Wildman–Crippen MR) is 104 cm³/mol. The van der Waals surface area contributed by atoms with Gasteiger partial charge in [0.25, 0.3) is 5.91 Å². The van der Waals surface area contributed by atoms with Crippen molar-refractivity contribution in [3.8, 4) is 0 Å². The third-order valence-corrected chi connectivity index (χ3v) is 6.03. The lowest BCUT2D eigenvalue weighted by Gasteiger charge is -2.25. The number of carboxylic acid groups (broad SMARTS) is 1. The molecule has 0 aliphatic carbocycles. The van der Waals surface area contributed by atoms with Crippen molar-refractivity contribution in [2.75, 3.05) is 13.1 Å². The maximum Gasteiger partial charge on any atom is 0.303 e. The van der Waals surface area contributed by atoms with E-state index in [2.05, 4.69) is 5.32 Å². The van der Waals surface area contributed by atoms with E-state index in [4.69, 9.17) is 5.11 Å². The van der Waals surface area contributed by atoms with Gasteiger partial charge in [0, 0.05) is 30.6 Å². The molecule has 0 spiro atoms. The number of nitrogens with zero attached hydrogens (tertiary/aromatic N) is 1. The van der Waals surface area contributed by atoms with E-state index in [1.165, 1.54) is 28.6 Å². The molecule has 0 aliphatic rings. The van der Waals surface area contributed by atoms with Crippen LogP contribution in [0.5, 0.6) is 0 Å². The molecule has 27 heavy (non-hydrogen) atoms. The maximum atomic E-state index is 12.7. The minimum Gasteiger partial charge on any atom is -0.481 e. The van der Waals surface area contributed by atoms with Crippen molar-refractivity contribution in [3.05, 3.63) is 29.8 Å². The number of hydrogen-bond acceptors (Lipinski definition) is 4. The molecule has 1 amide bonds. The Kier molecular flexibility index (Phi) is 8.43. The van der Waals surface area contributed by atoms with Crippen LogP contribution >= 0.6 is 0 Å². The fourth-order valence-corrected chi connectivity index (χ4v) is 4.26. The highest BCUT2D eigenvalue weighted by Crippen LogP contribution is 2.18. The molecule has 0 heterocycles. The summed E-state index contributed by atoms with van der Waals surface area (Å²) in [4.78, 5) is 23.3. The average Bonchev–Trinajstić information content (AvgIpc) is 2.59. The van der Waals surface area contributed by atoms with E-state index in [1.807, 2.05) is 13.8 Å². The molecular formula is C19H30N2O5S. The first kappa shape index (κ1) is 23.1. The minimum atomic E-state index is -3.58. The molecule has 0 fully saturated rings. The Morgan fingerprint density at radius 2 is 1.59 bits per heavy atom. The Hall–Kier alpha value is -1.93. The number of carbonyl (C=O) groups is 2. The number of amides is 1. The number of benzene rings is 1. The first-order chi connectivity index (χ1) is 12.5. The van der Waals surface area contributed by atoms with Gasteiger partial charge in [0.2, 0.25) is 10.0 Å². The molecule has 2 N–H and O–H groups in total. The number of sulfonamides is 1. The quantitative estimate of drug-likeness (QED) is 0.596. The van der Waals surface area contributed by atoms with E-state index in [0.29, 0.717) is 25.1 Å². The molecule has 0 aromatic heterocycles. The fourth-order valence-electron chi connectivity index (χ4n) is 2.64. The third kappa shape index (κ3) is 6.95. The smallest absolute Gasteiger partial charge is 0.303 e. The van der Waals surface area contributed by atoms with Gasteiger partial charge in [-0.05, 0) is 57.4 Å². The van der Waals surface area contributed by atoms with E-state index >= 15 is 0 Å². The van der Waals surface area contributed by atoms with Gasteiger partial charge >= 0.3 is 5.97 Å². The van der Waals surface area contributed by atoms with Crippen LogP contribution in [0, 0.1) is 0 Å². The number of aliphatic carboxylic acids is 1. The lowest BCUT2D eigenvalue weighted by atomic mass is 9.98. The average molecular weight is 399 g/mol. The first-order valence-corrected chi connectivity index (χ1v) is 10.6. The number of carboxylic acids is 1. The minimum absolute atomic E-state index is 0.0465. The van der Waals surface area contributed by atoms with Gasteiger partial charge in [-0.25, -0.2) is 8.42 Å². The standard InChI is InChI=1S/C19H30N2O5S/c1-5-13-21(14-6-2)27(25,26)16-9-7-15(8-10-16)18(24)20-19(3,4)12-11-17(22)23/h7-10H,5-6,11-14H2,1-4H3,(H,20,24)(H,22,23). The van der Waals surface area contributed by atoms with Crippen LogP contribution in [0.4, 0.5) is 0 Å². The normalized spacial score (nSPS) is 12.2. The van der Waals surface area contributed by atoms with Gasteiger partial charge in [0.05, 0.1) is 4.90 Å². The van der Waals surface area contributed by atoms with Crippen LogP contribution in [-0.2, 0) is 14.8 Å². The SMILES string of the molecule is CCCN(CCC)S(=O)(=O)c1ccc(C(=O)NC(C)(C)CCC(=O)O)cc1. The summed E-state index contributed by atoms with van der Waals surface area (Å²) in [5.74, 6) is -1.29. The molecule has 0 aliphatic heterocycles. The largest absolute Gasteiger partial charge is 0.481 e. The highest BCUT2D eigenvalue weighted by molar-refractivity contribution is 7.89. The summed E-state index contributed by atoms with van der Waals surface area (Å²) in [6.45, 7) is 8.27. The molecule has 0 bridgehead atoms. The molecule has 0 saturated heterocycles. The summed E-state index contributed by atoms with van der Waals surface area (Å²) < 4.78 is 26.9. The summed E-state index contributed by atoms with van der Waals surface area (Å²) in [7, 11) is -3.58. The van der Waals surface area contributed by atoms with E-state index in [9.17, 15) is 18.0 Å². The Morgan fingerprint density at radius 1 is 1.07 bits per heavy atom. The van der Waals surface area contributed by atoms with Gasteiger partial charge in [-0.2, -0.15) is 4.31 Å². The van der Waals surface area contributed by atoms with Crippen molar-refractivity contribution in [3.63, 3.8) is 0 Å². The molecule has 152 valence electrons. The number of nitrogens with one attached hydrogen (secondary N) is 1. The maximum absolute atomic E-state index is 12.7. The van der Waals surface area contributed by atoms with Crippen molar-refractivity contribution in [1.29, 1.82) is 0 Å². The molecule has 0 saturated carbocycles. The highest BCUT2D eigenvalue weighted by atomic mass is 32.2. The zero-order chi connectivity index (χ0) is 20.7. The lowest BCUT2D eigenvalue weighted by Crippen LogP contribution is -2.43. The molecule has 0 radical (unpaired) electrons. The number of hydrogen-bond donors (Lipinski definition) is 2. The summed E-state index contributed by atoms with van der Waals surface area (Å²) in [5.41, 5.74) is -0.353. The third-order valence-electron chi connectivity index (χ3n) is 4.12. The molecule has 1 aromatic rings. The number of carbonyl (C=O) groups excluding carboxylic acids is 1. The molecule has 0 unspecified atom stereocenters. The summed E-state index contributed by atoms with van der Waals surface area (Å²) in [6, 6.07) is 5.83. The van der Waals surface area contributed by atoms with E-state index in [1.54, 1.807) is 13.8 Å². The molecular weight excluding hydrogens is 368 g/mol. The van der Waals surface area contributed by atoms with Gasteiger partial charge < -0.3 is 10.4 Å². The predicted octanol–water partition coefficient (Wildman–Crippen LogP) is 2.87. The van der Waals surface area contributed by atoms with Gasteiger partial charge in [-0.15, -0.1) is 0 Å². The van der Waals surface area contributed by atoms with Crippen LogP contribution in [0.3, 0.4) is 0 Å². The van der Waals surface area contributed by atoms with E-state index in [-0.39, 0.29) is 17.2 Å². The van der Waals surface area contributed by atoms with E-state index in [0.717, 1.165) is 12.8 Å². The molecule has 0 atom stereocenters. The van der Waals surface area contributed by atoms with Crippen molar-refractivity contribution >= 4 is 21.9 Å². The Labute approximate surface area is 161 Å². The number of rotatable bonds is 11. The van der Waals surface area contributed by atoms with E-state index < -0.39 is 21.5 Å². The van der Waals surface area contributed by atoms with Crippen molar-refractivity contribution < 1.29 is 23.1 Å². The van der Waals surface area contributed by atoms with Crippen molar-refractivity contribution in [2.45, 2.75) is 63.8 Å².